The number of carbonyl (C=O) groups excluding carboxylic acids is 2. The first kappa shape index (κ1) is 17.1. The molecule has 1 heterocycles. The third kappa shape index (κ3) is 4.65. The fourth-order valence-corrected chi connectivity index (χ4v) is 4.50. The maximum Gasteiger partial charge on any atom is 0.224 e. The van der Waals surface area contributed by atoms with Crippen LogP contribution < -0.4 is 0 Å². The van der Waals surface area contributed by atoms with E-state index in [-0.39, 0.29) is 16.3 Å². The van der Waals surface area contributed by atoms with Crippen LogP contribution in [0.15, 0.2) is 64.4 Å². The Morgan fingerprint density at radius 2 is 1.75 bits per heavy atom. The van der Waals surface area contributed by atoms with Gasteiger partial charge in [0.2, 0.25) is 5.91 Å². The Morgan fingerprint density at radius 3 is 2.42 bits per heavy atom. The van der Waals surface area contributed by atoms with Crippen molar-refractivity contribution in [2.45, 2.75) is 34.9 Å². The second-order valence-corrected chi connectivity index (χ2v) is 8.39. The largest absolute Gasteiger partial charge is 0.337 e. The summed E-state index contributed by atoms with van der Waals surface area (Å²) < 4.78 is 0. The molecule has 3 nitrogen and oxygen atoms in total. The number of nitrogens with zero attached hydrogens (tertiary/aromatic N) is 1. The third-order valence-corrected chi connectivity index (χ3v) is 5.78. The van der Waals surface area contributed by atoms with E-state index in [0.717, 1.165) is 5.56 Å². The average molecular weight is 358 g/mol. The number of thioether (sulfide) groups is 1. The summed E-state index contributed by atoms with van der Waals surface area (Å²) in [4.78, 5) is 27.5. The first-order chi connectivity index (χ1) is 11.6. The number of carbonyl (C=O) groups is 2. The SMILES string of the molecule is CC(=O)SC1CC(=O)N(Cc2ccc(Sc3ccccc3)cc2)C1. The lowest BCUT2D eigenvalue weighted by Crippen LogP contribution is -2.24. The molecule has 0 radical (unpaired) electrons. The van der Waals surface area contributed by atoms with Crippen molar-refractivity contribution >= 4 is 34.5 Å². The molecule has 1 aliphatic rings. The highest BCUT2D eigenvalue weighted by Gasteiger charge is 2.30. The van der Waals surface area contributed by atoms with Crippen molar-refractivity contribution in [1.29, 1.82) is 0 Å². The fraction of sp³-hybridized carbons (Fsp3) is 0.263. The summed E-state index contributed by atoms with van der Waals surface area (Å²) in [5.74, 6) is 0.136. The van der Waals surface area contributed by atoms with Crippen LogP contribution in [0.5, 0.6) is 0 Å². The predicted octanol–water partition coefficient (Wildman–Crippen LogP) is 4.22. The molecular formula is C19H19NO2S2. The van der Waals surface area contributed by atoms with Crippen molar-refractivity contribution < 1.29 is 9.59 Å². The molecule has 0 aromatic heterocycles. The average Bonchev–Trinajstić information content (AvgIpc) is 2.89. The summed E-state index contributed by atoms with van der Waals surface area (Å²) in [6, 6.07) is 18.6. The van der Waals surface area contributed by atoms with E-state index in [4.69, 9.17) is 0 Å². The molecule has 0 saturated carbocycles. The molecule has 2 aromatic carbocycles. The van der Waals surface area contributed by atoms with E-state index < -0.39 is 0 Å². The zero-order chi connectivity index (χ0) is 16.9. The quantitative estimate of drug-likeness (QED) is 0.803. The third-order valence-electron chi connectivity index (χ3n) is 3.79. The van der Waals surface area contributed by atoms with Crippen molar-refractivity contribution in [2.75, 3.05) is 6.54 Å². The number of hydrogen-bond acceptors (Lipinski definition) is 4. The molecule has 0 spiro atoms. The molecule has 3 rings (SSSR count). The van der Waals surface area contributed by atoms with Gasteiger partial charge in [-0.2, -0.15) is 0 Å². The summed E-state index contributed by atoms with van der Waals surface area (Å²) in [7, 11) is 0. The van der Waals surface area contributed by atoms with E-state index in [0.29, 0.717) is 19.5 Å². The molecule has 5 heteroatoms. The number of amides is 1. The van der Waals surface area contributed by atoms with Gasteiger partial charge in [-0.3, -0.25) is 9.59 Å². The lowest BCUT2D eigenvalue weighted by Gasteiger charge is -2.16. The second kappa shape index (κ2) is 7.90. The molecule has 0 bridgehead atoms. The van der Waals surface area contributed by atoms with Crippen molar-refractivity contribution in [1.82, 2.24) is 4.90 Å². The summed E-state index contributed by atoms with van der Waals surface area (Å²) in [5.41, 5.74) is 1.12. The van der Waals surface area contributed by atoms with Crippen LogP contribution in [0.1, 0.15) is 18.9 Å². The smallest absolute Gasteiger partial charge is 0.224 e. The standard InChI is InChI=1S/C19H19NO2S2/c1-14(21)23-18-11-19(22)20(13-18)12-15-7-9-17(10-8-15)24-16-5-3-2-4-6-16/h2-10,18H,11-13H2,1H3. The summed E-state index contributed by atoms with van der Waals surface area (Å²) >= 11 is 3.00. The van der Waals surface area contributed by atoms with Gasteiger partial charge in [0.15, 0.2) is 5.12 Å². The number of rotatable bonds is 5. The van der Waals surface area contributed by atoms with E-state index in [9.17, 15) is 9.59 Å². The van der Waals surface area contributed by atoms with Gasteiger partial charge in [-0.25, -0.2) is 0 Å². The Morgan fingerprint density at radius 1 is 1.08 bits per heavy atom. The van der Waals surface area contributed by atoms with Crippen LogP contribution in [0.3, 0.4) is 0 Å². The monoisotopic (exact) mass is 357 g/mol. The number of likely N-dealkylation sites (tertiary alicyclic amines) is 1. The molecule has 2 aromatic rings. The van der Waals surface area contributed by atoms with E-state index >= 15 is 0 Å². The topological polar surface area (TPSA) is 37.4 Å². The van der Waals surface area contributed by atoms with Crippen molar-refractivity contribution in [3.05, 3.63) is 60.2 Å². The summed E-state index contributed by atoms with van der Waals surface area (Å²) in [5, 5.41) is 0.180. The minimum Gasteiger partial charge on any atom is -0.337 e. The van der Waals surface area contributed by atoms with Gasteiger partial charge in [-0.1, -0.05) is 53.9 Å². The second-order valence-electron chi connectivity index (χ2n) is 5.77. The Balaban J connectivity index is 1.58. The molecule has 1 saturated heterocycles. The van der Waals surface area contributed by atoms with Gasteiger partial charge in [0.25, 0.3) is 0 Å². The van der Waals surface area contributed by atoms with Crippen LogP contribution >= 0.6 is 23.5 Å². The first-order valence-electron chi connectivity index (χ1n) is 7.87. The minimum atomic E-state index is 0.0805. The predicted molar refractivity (Wildman–Crippen MR) is 99.1 cm³/mol. The normalized spacial score (nSPS) is 17.3. The number of hydrogen-bond donors (Lipinski definition) is 0. The molecule has 1 amide bonds. The van der Waals surface area contributed by atoms with Gasteiger partial charge in [-0.05, 0) is 29.8 Å². The van der Waals surface area contributed by atoms with Gasteiger partial charge in [0.1, 0.15) is 0 Å². The van der Waals surface area contributed by atoms with Crippen molar-refractivity contribution in [3.63, 3.8) is 0 Å². The van der Waals surface area contributed by atoms with E-state index in [1.165, 1.54) is 21.6 Å². The van der Waals surface area contributed by atoms with Crippen molar-refractivity contribution in [3.8, 4) is 0 Å². The van der Waals surface area contributed by atoms with Gasteiger partial charge in [0.05, 0.1) is 0 Å². The minimum absolute atomic E-state index is 0.0805. The first-order valence-corrected chi connectivity index (χ1v) is 9.56. The van der Waals surface area contributed by atoms with E-state index in [2.05, 4.69) is 36.4 Å². The Labute approximate surface area is 150 Å². The molecule has 124 valence electrons. The van der Waals surface area contributed by atoms with Crippen LogP contribution in [0, 0.1) is 0 Å². The Hall–Kier alpha value is -1.72. The molecule has 1 unspecified atom stereocenters. The van der Waals surface area contributed by atoms with Gasteiger partial charge >= 0.3 is 0 Å². The fourth-order valence-electron chi connectivity index (χ4n) is 2.71. The maximum absolute atomic E-state index is 12.1. The molecule has 1 aliphatic heterocycles. The zero-order valence-electron chi connectivity index (χ0n) is 13.5. The molecule has 1 atom stereocenters. The Bertz CT molecular complexity index is 716. The highest BCUT2D eigenvalue weighted by Crippen LogP contribution is 2.29. The van der Waals surface area contributed by atoms with Crippen LogP contribution in [0.25, 0.3) is 0 Å². The molecular weight excluding hydrogens is 338 g/mol. The maximum atomic E-state index is 12.1. The Kier molecular flexibility index (Phi) is 5.63. The lowest BCUT2D eigenvalue weighted by molar-refractivity contribution is -0.128. The van der Waals surface area contributed by atoms with Crippen LogP contribution in [-0.2, 0) is 16.1 Å². The van der Waals surface area contributed by atoms with Crippen LogP contribution in [-0.4, -0.2) is 27.7 Å². The zero-order valence-corrected chi connectivity index (χ0v) is 15.1. The van der Waals surface area contributed by atoms with Crippen LogP contribution in [0.2, 0.25) is 0 Å². The van der Waals surface area contributed by atoms with Crippen LogP contribution in [0.4, 0.5) is 0 Å². The molecule has 24 heavy (non-hydrogen) atoms. The highest BCUT2D eigenvalue weighted by molar-refractivity contribution is 8.14. The van der Waals surface area contributed by atoms with E-state index in [1.807, 2.05) is 23.1 Å². The number of benzene rings is 2. The van der Waals surface area contributed by atoms with Gasteiger partial charge in [0, 0.05) is 41.5 Å². The van der Waals surface area contributed by atoms with Gasteiger partial charge in [-0.15, -0.1) is 0 Å². The highest BCUT2D eigenvalue weighted by atomic mass is 32.2. The lowest BCUT2D eigenvalue weighted by atomic mass is 10.2. The van der Waals surface area contributed by atoms with Gasteiger partial charge < -0.3 is 4.90 Å². The molecule has 1 fully saturated rings. The summed E-state index contributed by atoms with van der Waals surface area (Å²) in [6.07, 6.45) is 0.464. The molecule has 0 N–H and O–H groups in total. The van der Waals surface area contributed by atoms with Crippen molar-refractivity contribution in [2.24, 2.45) is 0 Å². The summed E-state index contributed by atoms with van der Waals surface area (Å²) in [6.45, 7) is 2.83. The van der Waals surface area contributed by atoms with E-state index in [1.54, 1.807) is 18.7 Å². The molecule has 0 aliphatic carbocycles.